The molecule has 6 aromatic rings. The molecular formula is C55H64F3N9O8S2. The van der Waals surface area contributed by atoms with Crippen molar-refractivity contribution in [2.45, 2.75) is 96.1 Å². The number of hydrogen-bond acceptors (Lipinski definition) is 15. The molecule has 4 atom stereocenters. The summed E-state index contributed by atoms with van der Waals surface area (Å²) in [5.74, 6) is -3.38. The van der Waals surface area contributed by atoms with Crippen molar-refractivity contribution in [2.24, 2.45) is 5.41 Å². The molecule has 77 heavy (non-hydrogen) atoms. The number of aromatic nitrogens is 4. The number of nitrogens with one attached hydrogen (secondary N) is 3. The Labute approximate surface area is 453 Å². The predicted molar refractivity (Wildman–Crippen MR) is 285 cm³/mol. The molecule has 0 radical (unpaired) electrons. The molecule has 410 valence electrons. The average Bonchev–Trinajstić information content (AvgIpc) is 4.27. The number of carbonyl (C=O) groups is 4. The van der Waals surface area contributed by atoms with Crippen LogP contribution in [0, 0.1) is 12.3 Å². The van der Waals surface area contributed by atoms with Crippen molar-refractivity contribution in [2.75, 3.05) is 59.2 Å². The summed E-state index contributed by atoms with van der Waals surface area (Å²) in [7, 11) is 0. The van der Waals surface area contributed by atoms with Crippen LogP contribution in [0.1, 0.15) is 91.9 Å². The Hall–Kier alpha value is -6.43. The lowest BCUT2D eigenvalue weighted by Gasteiger charge is -2.40. The van der Waals surface area contributed by atoms with Crippen LogP contribution in [-0.4, -0.2) is 136 Å². The van der Waals surface area contributed by atoms with Gasteiger partial charge < -0.3 is 44.9 Å². The van der Waals surface area contributed by atoms with Crippen molar-refractivity contribution in [3.05, 3.63) is 117 Å². The highest BCUT2D eigenvalue weighted by Gasteiger charge is 2.45. The largest absolute Gasteiger partial charge is 0.471 e. The van der Waals surface area contributed by atoms with E-state index in [-0.39, 0.29) is 74.0 Å². The zero-order valence-electron chi connectivity index (χ0n) is 43.6. The van der Waals surface area contributed by atoms with Crippen LogP contribution in [-0.2, 0) is 35.4 Å². The van der Waals surface area contributed by atoms with E-state index < -0.39 is 52.9 Å². The van der Waals surface area contributed by atoms with E-state index in [0.29, 0.717) is 45.7 Å². The van der Waals surface area contributed by atoms with E-state index in [2.05, 4.69) is 40.5 Å². The van der Waals surface area contributed by atoms with E-state index in [1.807, 2.05) is 94.6 Å². The van der Waals surface area contributed by atoms with Gasteiger partial charge in [0.05, 0.1) is 60.3 Å². The van der Waals surface area contributed by atoms with Crippen molar-refractivity contribution in [1.82, 2.24) is 45.9 Å². The molecule has 2 unspecified atom stereocenters. The highest BCUT2D eigenvalue weighted by molar-refractivity contribution is 7.13. The van der Waals surface area contributed by atoms with Gasteiger partial charge in [-0.1, -0.05) is 92.7 Å². The normalized spacial score (nSPS) is 17.7. The molecule has 3 aromatic carbocycles. The van der Waals surface area contributed by atoms with Crippen molar-refractivity contribution in [3.63, 3.8) is 0 Å². The van der Waals surface area contributed by atoms with Gasteiger partial charge in [0.1, 0.15) is 17.1 Å². The van der Waals surface area contributed by atoms with Crippen molar-refractivity contribution in [3.8, 4) is 33.1 Å². The Kier molecular flexibility index (Phi) is 18.4. The van der Waals surface area contributed by atoms with Crippen LogP contribution in [0.25, 0.3) is 33.1 Å². The maximum Gasteiger partial charge on any atom is 0.471 e. The number of likely N-dealkylation sites (tertiary alicyclic amines) is 2. The standard InChI is InChI=1S/C55H64F3N9O8S2/c1-34(36-14-16-38(17-15-36)45-35(2)60-33-77-45)61-49(71)43-29-41(68)30-67(43)50(72)46(53(3,4)5)63-44(69)18-24-73-26-27-74-25-23-66-21-19-54(20-22-66,52-62-42(31-76-52)37-10-7-6-8-11-37)32-59-48(70)40-13-9-12-39(28-40)47-64-51(75-65-47)55(56,57)58/h6-17,28,31,33-34,41,43,46,68H,18-27,29-30,32H2,1-5H3,(H,59,70)(H,61,71)(H,63,69)/t34?,41-,43+,46?/m1/s1. The van der Waals surface area contributed by atoms with Crippen molar-refractivity contribution >= 4 is 46.3 Å². The SMILES string of the molecule is Cc1ncsc1-c1ccc(C(C)NC(=O)[C@@H]2C[C@@H](O)CN2C(=O)C(NC(=O)CCOCCOCCN2CCC(CNC(=O)c3cccc(-c4noc(C(F)(F)F)n4)c3)(c3nc(-c4ccccc4)cs3)CC2)C(C)(C)C)cc1. The molecule has 4 amide bonds. The van der Waals surface area contributed by atoms with E-state index in [4.69, 9.17) is 14.5 Å². The third-order valence-electron chi connectivity index (χ3n) is 13.9. The van der Waals surface area contributed by atoms with Gasteiger partial charge in [0.15, 0.2) is 0 Å². The van der Waals surface area contributed by atoms with Gasteiger partial charge in [-0.25, -0.2) is 9.97 Å². The second-order valence-electron chi connectivity index (χ2n) is 20.6. The number of aryl methyl sites for hydroxylation is 1. The molecule has 0 aliphatic carbocycles. The van der Waals surface area contributed by atoms with E-state index >= 15 is 0 Å². The number of amides is 4. The molecule has 8 rings (SSSR count). The van der Waals surface area contributed by atoms with Crippen LogP contribution in [0.2, 0.25) is 0 Å². The number of nitrogens with zero attached hydrogens (tertiary/aromatic N) is 6. The first kappa shape index (κ1) is 56.8. The zero-order valence-corrected chi connectivity index (χ0v) is 45.2. The summed E-state index contributed by atoms with van der Waals surface area (Å²) >= 11 is 3.11. The zero-order chi connectivity index (χ0) is 54.9. The Morgan fingerprint density at radius 2 is 1.60 bits per heavy atom. The number of rotatable bonds is 21. The maximum atomic E-state index is 14.1. The quantitative estimate of drug-likeness (QED) is 0.0506. The molecule has 2 aliphatic heterocycles. The smallest absolute Gasteiger partial charge is 0.391 e. The van der Waals surface area contributed by atoms with Crippen LogP contribution in [0.3, 0.4) is 0 Å². The van der Waals surface area contributed by atoms with Crippen molar-refractivity contribution in [1.29, 1.82) is 0 Å². The first-order chi connectivity index (χ1) is 36.8. The highest BCUT2D eigenvalue weighted by atomic mass is 32.1. The highest BCUT2D eigenvalue weighted by Crippen LogP contribution is 2.39. The Bertz CT molecular complexity index is 2950. The van der Waals surface area contributed by atoms with Crippen LogP contribution < -0.4 is 16.0 Å². The summed E-state index contributed by atoms with van der Waals surface area (Å²) in [4.78, 5) is 72.3. The van der Waals surface area contributed by atoms with Gasteiger partial charge in [0, 0.05) is 60.0 Å². The second kappa shape index (κ2) is 24.9. The van der Waals surface area contributed by atoms with Gasteiger partial charge in [-0.2, -0.15) is 18.2 Å². The lowest BCUT2D eigenvalue weighted by atomic mass is 9.78. The fraction of sp³-hybridized carbons (Fsp3) is 0.455. The van der Waals surface area contributed by atoms with Crippen LogP contribution in [0.15, 0.2) is 94.3 Å². The van der Waals surface area contributed by atoms with Crippen LogP contribution >= 0.6 is 22.7 Å². The Balaban J connectivity index is 0.772. The molecule has 2 fully saturated rings. The summed E-state index contributed by atoms with van der Waals surface area (Å²) < 4.78 is 55.5. The van der Waals surface area contributed by atoms with Crippen LogP contribution in [0.5, 0.6) is 0 Å². The van der Waals surface area contributed by atoms with Gasteiger partial charge in [0.2, 0.25) is 23.5 Å². The molecule has 2 aliphatic rings. The predicted octanol–water partition coefficient (Wildman–Crippen LogP) is 7.87. The van der Waals surface area contributed by atoms with Gasteiger partial charge in [-0.05, 0) is 68.5 Å². The minimum Gasteiger partial charge on any atom is -0.391 e. The lowest BCUT2D eigenvalue weighted by molar-refractivity contribution is -0.159. The van der Waals surface area contributed by atoms with Crippen molar-refractivity contribution < 1.29 is 51.5 Å². The fourth-order valence-corrected chi connectivity index (χ4v) is 11.4. The van der Waals surface area contributed by atoms with E-state index in [1.54, 1.807) is 40.3 Å². The summed E-state index contributed by atoms with van der Waals surface area (Å²) in [5.41, 5.74) is 5.72. The molecule has 2 saturated heterocycles. The van der Waals surface area contributed by atoms with E-state index in [1.165, 1.54) is 17.0 Å². The second-order valence-corrected chi connectivity index (χ2v) is 22.3. The number of thiazole rings is 2. The number of aliphatic hydroxyl groups is 1. The van der Waals surface area contributed by atoms with E-state index in [9.17, 15) is 37.5 Å². The minimum absolute atomic E-state index is 0.00797. The van der Waals surface area contributed by atoms with Gasteiger partial charge in [-0.3, -0.25) is 19.2 Å². The molecule has 5 heterocycles. The number of piperidine rings is 1. The number of ether oxygens (including phenoxy) is 2. The molecule has 22 heteroatoms. The topological polar surface area (TPSA) is 214 Å². The molecule has 17 nitrogen and oxygen atoms in total. The monoisotopic (exact) mass is 1100 g/mol. The summed E-state index contributed by atoms with van der Waals surface area (Å²) in [5, 5.41) is 26.0. The van der Waals surface area contributed by atoms with E-state index in [0.717, 1.165) is 38.0 Å². The maximum absolute atomic E-state index is 14.1. The van der Waals surface area contributed by atoms with Gasteiger partial charge in [0.25, 0.3) is 5.91 Å². The fourth-order valence-electron chi connectivity index (χ4n) is 9.47. The number of halogens is 3. The number of β-amino-alcohol motifs (C(OH)–C–C–N with tert-alkyl or cyclic N) is 1. The minimum atomic E-state index is -4.80. The number of aliphatic hydroxyl groups excluding tert-OH is 1. The first-order valence-electron chi connectivity index (χ1n) is 25.6. The van der Waals surface area contributed by atoms with Gasteiger partial charge in [-0.15, -0.1) is 22.7 Å². The number of benzene rings is 3. The molecule has 0 bridgehead atoms. The molecule has 0 spiro atoms. The number of carbonyl (C=O) groups excluding carboxylic acids is 4. The van der Waals surface area contributed by atoms with Crippen LogP contribution in [0.4, 0.5) is 13.2 Å². The third-order valence-corrected chi connectivity index (χ3v) is 16.0. The molecular weight excluding hydrogens is 1040 g/mol. The molecule has 0 saturated carbocycles. The Morgan fingerprint density at radius 3 is 2.27 bits per heavy atom. The third kappa shape index (κ3) is 14.4. The summed E-state index contributed by atoms with van der Waals surface area (Å²) in [6.45, 7) is 12.7. The summed E-state index contributed by atoms with van der Waals surface area (Å²) in [6, 6.07) is 21.5. The first-order valence-corrected chi connectivity index (χ1v) is 27.3. The average molecular weight is 1100 g/mol. The Morgan fingerprint density at radius 1 is 0.883 bits per heavy atom. The number of alkyl halides is 3. The number of hydrogen-bond donors (Lipinski definition) is 4. The molecule has 4 N–H and O–H groups in total. The lowest BCUT2D eigenvalue weighted by Crippen LogP contribution is -2.58. The van der Waals surface area contributed by atoms with Gasteiger partial charge >= 0.3 is 12.1 Å². The summed E-state index contributed by atoms with van der Waals surface area (Å²) in [6.07, 6.45) is -4.26. The molecule has 3 aromatic heterocycles.